The van der Waals surface area contributed by atoms with E-state index in [0.717, 1.165) is 25.7 Å². The zero-order valence-corrected chi connectivity index (χ0v) is 12.2. The molecule has 2 N–H and O–H groups in total. The van der Waals surface area contributed by atoms with Crippen LogP contribution in [0, 0.1) is 11.8 Å². The lowest BCUT2D eigenvalue weighted by Crippen LogP contribution is -2.37. The lowest BCUT2D eigenvalue weighted by atomic mass is 9.79. The van der Waals surface area contributed by atoms with E-state index in [4.69, 9.17) is 4.74 Å². The largest absolute Gasteiger partial charge is 0.507 e. The minimum Gasteiger partial charge on any atom is -0.507 e. The van der Waals surface area contributed by atoms with Crippen molar-refractivity contribution >= 4 is 12.2 Å². The number of hydrogen-bond donors (Lipinski definition) is 2. The number of benzene rings is 1. The molecule has 0 spiro atoms. The molecule has 21 heavy (non-hydrogen) atoms. The fourth-order valence-corrected chi connectivity index (χ4v) is 2.91. The Labute approximate surface area is 124 Å². The monoisotopic (exact) mass is 291 g/mol. The maximum absolute atomic E-state index is 11.9. The Morgan fingerprint density at radius 3 is 2.90 bits per heavy atom. The van der Waals surface area contributed by atoms with Crippen LogP contribution in [0.2, 0.25) is 0 Å². The molecule has 1 saturated carbocycles. The van der Waals surface area contributed by atoms with E-state index in [2.05, 4.69) is 5.32 Å². The molecule has 114 valence electrons. The number of aldehydes is 1. The van der Waals surface area contributed by atoms with Gasteiger partial charge in [-0.15, -0.1) is 0 Å². The van der Waals surface area contributed by atoms with Gasteiger partial charge in [-0.2, -0.15) is 0 Å². The van der Waals surface area contributed by atoms with Gasteiger partial charge in [-0.25, -0.2) is 0 Å². The van der Waals surface area contributed by atoms with E-state index >= 15 is 0 Å². The summed E-state index contributed by atoms with van der Waals surface area (Å²) in [5.41, 5.74) is 0.157. The van der Waals surface area contributed by atoms with Gasteiger partial charge in [0.2, 0.25) is 5.91 Å². The highest BCUT2D eigenvalue weighted by molar-refractivity contribution is 5.83. The van der Waals surface area contributed by atoms with Crippen molar-refractivity contribution in [2.75, 3.05) is 13.7 Å². The molecule has 0 aromatic heterocycles. The van der Waals surface area contributed by atoms with Gasteiger partial charge in [0.25, 0.3) is 0 Å². The first-order chi connectivity index (χ1) is 10.2. The third kappa shape index (κ3) is 3.54. The van der Waals surface area contributed by atoms with Gasteiger partial charge in [0.15, 0.2) is 6.29 Å². The molecule has 2 rings (SSSR count). The second kappa shape index (κ2) is 7.11. The lowest BCUT2D eigenvalue weighted by molar-refractivity contribution is -0.127. The standard InChI is InChI=1S/C16H21NO4/c1-17-16(20)12-6-3-2-5-11(12)10-21-15-8-4-7-14(19)13(15)9-18/h4,7-9,11-12,19H,2-3,5-6,10H2,1H3,(H,17,20). The summed E-state index contributed by atoms with van der Waals surface area (Å²) in [6.07, 6.45) is 4.53. The predicted molar refractivity (Wildman–Crippen MR) is 78.5 cm³/mol. The maximum atomic E-state index is 11.9. The van der Waals surface area contributed by atoms with Gasteiger partial charge in [-0.1, -0.05) is 18.9 Å². The summed E-state index contributed by atoms with van der Waals surface area (Å²) in [5.74, 6) is 0.427. The number of hydrogen-bond acceptors (Lipinski definition) is 4. The van der Waals surface area contributed by atoms with Crippen LogP contribution in [0.3, 0.4) is 0 Å². The molecular formula is C16H21NO4. The fraction of sp³-hybridized carbons (Fsp3) is 0.500. The summed E-state index contributed by atoms with van der Waals surface area (Å²) in [6.45, 7) is 0.377. The van der Waals surface area contributed by atoms with Gasteiger partial charge in [0.05, 0.1) is 12.2 Å². The Morgan fingerprint density at radius 1 is 1.43 bits per heavy atom. The van der Waals surface area contributed by atoms with E-state index in [1.807, 2.05) is 0 Å². The highest BCUT2D eigenvalue weighted by Gasteiger charge is 2.31. The van der Waals surface area contributed by atoms with Crippen LogP contribution in [0.4, 0.5) is 0 Å². The summed E-state index contributed by atoms with van der Waals surface area (Å²) < 4.78 is 5.70. The van der Waals surface area contributed by atoms with E-state index in [-0.39, 0.29) is 29.1 Å². The Hall–Kier alpha value is -2.04. The van der Waals surface area contributed by atoms with Gasteiger partial charge in [0.1, 0.15) is 11.5 Å². The minimum absolute atomic E-state index is 0.0410. The zero-order chi connectivity index (χ0) is 15.2. The molecule has 0 aliphatic heterocycles. The van der Waals surface area contributed by atoms with E-state index < -0.39 is 0 Å². The third-order valence-electron chi connectivity index (χ3n) is 4.11. The highest BCUT2D eigenvalue weighted by Crippen LogP contribution is 2.32. The fourth-order valence-electron chi connectivity index (χ4n) is 2.91. The molecule has 1 amide bonds. The van der Waals surface area contributed by atoms with Crippen LogP contribution in [0.1, 0.15) is 36.0 Å². The van der Waals surface area contributed by atoms with E-state index in [1.165, 1.54) is 6.07 Å². The Bertz CT molecular complexity index is 515. The molecule has 0 heterocycles. The lowest BCUT2D eigenvalue weighted by Gasteiger charge is -2.30. The molecule has 2 atom stereocenters. The van der Waals surface area contributed by atoms with Crippen LogP contribution in [-0.4, -0.2) is 31.0 Å². The number of phenolic OH excluding ortho intramolecular Hbond substituents is 1. The molecule has 1 aliphatic carbocycles. The van der Waals surface area contributed by atoms with Crippen LogP contribution < -0.4 is 10.1 Å². The second-order valence-corrected chi connectivity index (χ2v) is 5.38. The van der Waals surface area contributed by atoms with Crippen molar-refractivity contribution in [3.05, 3.63) is 23.8 Å². The van der Waals surface area contributed by atoms with Crippen molar-refractivity contribution < 1.29 is 19.4 Å². The molecule has 1 aromatic rings. The van der Waals surface area contributed by atoms with Gasteiger partial charge >= 0.3 is 0 Å². The Morgan fingerprint density at radius 2 is 2.19 bits per heavy atom. The first-order valence-corrected chi connectivity index (χ1v) is 7.29. The van der Waals surface area contributed by atoms with Crippen molar-refractivity contribution in [1.82, 2.24) is 5.32 Å². The van der Waals surface area contributed by atoms with Gasteiger partial charge in [-0.3, -0.25) is 9.59 Å². The molecule has 1 aromatic carbocycles. The predicted octanol–water partition coefficient (Wildman–Crippen LogP) is 2.14. The Balaban J connectivity index is 2.06. The maximum Gasteiger partial charge on any atom is 0.223 e. The third-order valence-corrected chi connectivity index (χ3v) is 4.11. The topological polar surface area (TPSA) is 75.6 Å². The van der Waals surface area contributed by atoms with Crippen molar-refractivity contribution in [1.29, 1.82) is 0 Å². The number of amides is 1. The molecule has 1 fully saturated rings. The average molecular weight is 291 g/mol. The summed E-state index contributed by atoms with van der Waals surface area (Å²) in [6, 6.07) is 4.74. The number of carbonyl (C=O) groups is 2. The highest BCUT2D eigenvalue weighted by atomic mass is 16.5. The smallest absolute Gasteiger partial charge is 0.223 e. The second-order valence-electron chi connectivity index (χ2n) is 5.38. The number of carbonyl (C=O) groups excluding carboxylic acids is 2. The van der Waals surface area contributed by atoms with E-state index in [9.17, 15) is 14.7 Å². The molecule has 0 bridgehead atoms. The van der Waals surface area contributed by atoms with Crippen molar-refractivity contribution in [3.8, 4) is 11.5 Å². The number of phenols is 1. The summed E-state index contributed by atoms with van der Waals surface area (Å²) in [7, 11) is 1.65. The molecule has 0 saturated heterocycles. The average Bonchev–Trinajstić information content (AvgIpc) is 2.52. The Kier molecular flexibility index (Phi) is 5.20. The SMILES string of the molecule is CNC(=O)C1CCCCC1COc1cccc(O)c1C=O. The van der Waals surface area contributed by atoms with Crippen LogP contribution in [0.25, 0.3) is 0 Å². The van der Waals surface area contributed by atoms with Gasteiger partial charge < -0.3 is 15.2 Å². The van der Waals surface area contributed by atoms with Crippen LogP contribution in [0.15, 0.2) is 18.2 Å². The van der Waals surface area contributed by atoms with Crippen molar-refractivity contribution in [3.63, 3.8) is 0 Å². The number of aromatic hydroxyl groups is 1. The first-order valence-electron chi connectivity index (χ1n) is 7.29. The van der Waals surface area contributed by atoms with Crippen molar-refractivity contribution in [2.45, 2.75) is 25.7 Å². The summed E-state index contributed by atoms with van der Waals surface area (Å²) >= 11 is 0. The zero-order valence-electron chi connectivity index (χ0n) is 12.2. The van der Waals surface area contributed by atoms with Crippen LogP contribution in [-0.2, 0) is 4.79 Å². The minimum atomic E-state index is -0.0889. The van der Waals surface area contributed by atoms with Crippen molar-refractivity contribution in [2.24, 2.45) is 11.8 Å². The quantitative estimate of drug-likeness (QED) is 0.815. The number of nitrogens with one attached hydrogen (secondary N) is 1. The molecule has 5 nitrogen and oxygen atoms in total. The number of rotatable bonds is 5. The van der Waals surface area contributed by atoms with Gasteiger partial charge in [0, 0.05) is 18.9 Å². The first kappa shape index (κ1) is 15.4. The molecule has 5 heteroatoms. The molecular weight excluding hydrogens is 270 g/mol. The summed E-state index contributed by atoms with van der Waals surface area (Å²) in [5, 5.41) is 12.3. The van der Waals surface area contributed by atoms with Gasteiger partial charge in [-0.05, 0) is 25.0 Å². The summed E-state index contributed by atoms with van der Waals surface area (Å²) in [4.78, 5) is 22.9. The van der Waals surface area contributed by atoms with Crippen LogP contribution >= 0.6 is 0 Å². The van der Waals surface area contributed by atoms with Crippen LogP contribution in [0.5, 0.6) is 11.5 Å². The molecule has 1 aliphatic rings. The van der Waals surface area contributed by atoms with E-state index in [1.54, 1.807) is 19.2 Å². The normalized spacial score (nSPS) is 21.6. The van der Waals surface area contributed by atoms with E-state index in [0.29, 0.717) is 18.6 Å². The molecule has 0 radical (unpaired) electrons. The number of ether oxygens (including phenoxy) is 1. The molecule has 2 unspecified atom stereocenters.